The van der Waals surface area contributed by atoms with E-state index in [0.29, 0.717) is 50.2 Å². The molecule has 0 aliphatic heterocycles. The first kappa shape index (κ1) is 28.4. The molecule has 0 aliphatic carbocycles. The molecule has 0 saturated carbocycles. The van der Waals surface area contributed by atoms with Crippen molar-refractivity contribution in [2.45, 2.75) is 0 Å². The lowest BCUT2D eigenvalue weighted by Gasteiger charge is -2.25. The van der Waals surface area contributed by atoms with Crippen molar-refractivity contribution in [3.05, 3.63) is 140 Å². The Bertz CT molecular complexity index is 3180. The fraction of sp³-hybridized carbons (Fsp3) is 0. The van der Waals surface area contributed by atoms with Crippen LogP contribution in [0.5, 0.6) is 0 Å². The number of hydrogen-bond donors (Lipinski definition) is 0. The van der Waals surface area contributed by atoms with E-state index < -0.39 is 0 Å². The third-order valence-corrected chi connectivity index (χ3v) is 9.85. The molecule has 3 aromatic heterocycles. The van der Waals surface area contributed by atoms with Gasteiger partial charge in [0.2, 0.25) is 0 Å². The van der Waals surface area contributed by atoms with E-state index in [1.54, 1.807) is 0 Å². The number of fused-ring (bicyclic) bond motifs is 6. The van der Waals surface area contributed by atoms with Crippen molar-refractivity contribution in [2.75, 3.05) is 4.90 Å². The maximum atomic E-state index is 5.47. The van der Waals surface area contributed by atoms with Gasteiger partial charge in [0.15, 0.2) is 16.6 Å². The normalized spacial score (nSPS) is 11.8. The summed E-state index contributed by atoms with van der Waals surface area (Å²) in [6.45, 7) is 0. The first-order valence-corrected chi connectivity index (χ1v) is 16.7. The van der Waals surface area contributed by atoms with E-state index in [9.17, 15) is 0 Å². The number of aromatic nitrogens is 6. The molecule has 8 aromatic carbocycles. The molecule has 0 amide bonds. The van der Waals surface area contributed by atoms with Crippen LogP contribution in [0.4, 0.5) is 17.1 Å². The van der Waals surface area contributed by atoms with Crippen LogP contribution in [-0.4, -0.2) is 30.9 Å². The lowest BCUT2D eigenvalue weighted by molar-refractivity contribution is 0.315. The molecular weight excluding hydrogens is 651 g/mol. The average molecular weight is 674 g/mol. The van der Waals surface area contributed by atoms with Crippen LogP contribution in [0.1, 0.15) is 0 Å². The van der Waals surface area contributed by atoms with Gasteiger partial charge in [-0.3, -0.25) is 0 Å². The summed E-state index contributed by atoms with van der Waals surface area (Å²) < 4.78 is 16.1. The fourth-order valence-corrected chi connectivity index (χ4v) is 7.36. The lowest BCUT2D eigenvalue weighted by atomic mass is 9.97. The minimum Gasteiger partial charge on any atom is -0.303 e. The summed E-state index contributed by atoms with van der Waals surface area (Å²) in [5.41, 5.74) is 9.29. The Morgan fingerprint density at radius 1 is 0.327 bits per heavy atom. The van der Waals surface area contributed by atoms with E-state index in [4.69, 9.17) is 13.9 Å². The largest absolute Gasteiger partial charge is 0.303 e. The molecule has 10 heteroatoms. The molecule has 0 fully saturated rings. The predicted molar refractivity (Wildman–Crippen MR) is 201 cm³/mol. The van der Waals surface area contributed by atoms with E-state index in [0.717, 1.165) is 43.8 Å². The molecule has 0 aliphatic rings. The second-order valence-electron chi connectivity index (χ2n) is 12.8. The summed E-state index contributed by atoms with van der Waals surface area (Å²) in [7, 11) is 0. The van der Waals surface area contributed by atoms with Gasteiger partial charge in [0, 0.05) is 11.1 Å². The summed E-state index contributed by atoms with van der Waals surface area (Å²) in [5, 5.41) is 33.1. The predicted octanol–water partition coefficient (Wildman–Crippen LogP) is 10.6. The van der Waals surface area contributed by atoms with Crippen LogP contribution in [0.15, 0.2) is 153 Å². The number of anilines is 3. The standard InChI is InChI=1S/C42H23N7O3/c1-2-7-25-21-29(14-12-24(25)6-1)32-16-18-36(41-38(32)44-51-47-41)49(35-11-5-10-34-40(35)46-50-43-34)37-19-17-33(39-42(37)48-52-45-39)30-15-13-28-20-26-8-3-4-9-27(26)22-31(28)23-30/h1-23H. The second kappa shape index (κ2) is 11.0. The Morgan fingerprint density at radius 3 is 1.48 bits per heavy atom. The van der Waals surface area contributed by atoms with Gasteiger partial charge >= 0.3 is 0 Å². The van der Waals surface area contributed by atoms with Crippen molar-refractivity contribution in [3.63, 3.8) is 0 Å². The van der Waals surface area contributed by atoms with Crippen LogP contribution in [0.2, 0.25) is 0 Å². The molecule has 10 nitrogen and oxygen atoms in total. The Balaban J connectivity index is 1.11. The van der Waals surface area contributed by atoms with E-state index in [1.165, 1.54) is 10.8 Å². The molecule has 3 heterocycles. The molecule has 0 spiro atoms. The minimum absolute atomic E-state index is 0.549. The van der Waals surface area contributed by atoms with Gasteiger partial charge in [-0.05, 0) is 135 Å². The number of hydrogen-bond acceptors (Lipinski definition) is 10. The van der Waals surface area contributed by atoms with Crippen LogP contribution in [0, 0.1) is 0 Å². The molecule has 0 bridgehead atoms. The molecule has 11 rings (SSSR count). The van der Waals surface area contributed by atoms with Crippen molar-refractivity contribution in [3.8, 4) is 22.3 Å². The van der Waals surface area contributed by atoms with Crippen LogP contribution in [0.25, 0.3) is 87.7 Å². The van der Waals surface area contributed by atoms with Crippen molar-refractivity contribution < 1.29 is 13.9 Å². The van der Waals surface area contributed by atoms with E-state index >= 15 is 0 Å². The van der Waals surface area contributed by atoms with Gasteiger partial charge in [0.05, 0.1) is 17.1 Å². The highest BCUT2D eigenvalue weighted by atomic mass is 16.6. The molecule has 0 unspecified atom stereocenters. The van der Waals surface area contributed by atoms with Crippen LogP contribution >= 0.6 is 0 Å². The highest BCUT2D eigenvalue weighted by Crippen LogP contribution is 2.46. The first-order chi connectivity index (χ1) is 25.8. The minimum atomic E-state index is 0.549. The lowest BCUT2D eigenvalue weighted by Crippen LogP contribution is -2.12. The maximum Gasteiger partial charge on any atom is 0.159 e. The van der Waals surface area contributed by atoms with Gasteiger partial charge < -0.3 is 4.90 Å². The summed E-state index contributed by atoms with van der Waals surface area (Å²) >= 11 is 0. The van der Waals surface area contributed by atoms with Crippen molar-refractivity contribution in [1.29, 1.82) is 0 Å². The van der Waals surface area contributed by atoms with Crippen molar-refractivity contribution >= 4 is 82.5 Å². The van der Waals surface area contributed by atoms with Gasteiger partial charge in [-0.1, -0.05) is 78.9 Å². The Morgan fingerprint density at radius 2 is 0.808 bits per heavy atom. The van der Waals surface area contributed by atoms with Crippen molar-refractivity contribution in [2.24, 2.45) is 0 Å². The van der Waals surface area contributed by atoms with Gasteiger partial charge in [0.1, 0.15) is 16.6 Å². The monoisotopic (exact) mass is 673 g/mol. The summed E-state index contributed by atoms with van der Waals surface area (Å²) in [4.78, 5) is 2.01. The number of nitrogens with zero attached hydrogens (tertiary/aromatic N) is 7. The highest BCUT2D eigenvalue weighted by molar-refractivity contribution is 6.10. The fourth-order valence-electron chi connectivity index (χ4n) is 7.36. The van der Waals surface area contributed by atoms with Gasteiger partial charge in [0.25, 0.3) is 0 Å². The molecule has 11 aromatic rings. The smallest absolute Gasteiger partial charge is 0.159 e. The third kappa shape index (κ3) is 4.31. The summed E-state index contributed by atoms with van der Waals surface area (Å²) in [6.07, 6.45) is 0. The maximum absolute atomic E-state index is 5.47. The SMILES string of the molecule is c1ccc2cc(-c3ccc(N(c4cccc5nonc45)c4ccc(-c5ccc6cc7ccccc7cc6c5)c5nonc45)c4nonc34)ccc2c1. The molecule has 0 N–H and O–H groups in total. The number of rotatable bonds is 5. The first-order valence-electron chi connectivity index (χ1n) is 16.7. The molecular formula is C42H23N7O3. The zero-order valence-corrected chi connectivity index (χ0v) is 27.1. The number of benzene rings is 8. The summed E-state index contributed by atoms with van der Waals surface area (Å²) in [6, 6.07) is 47.6. The van der Waals surface area contributed by atoms with E-state index in [1.807, 2.05) is 59.5 Å². The van der Waals surface area contributed by atoms with E-state index in [2.05, 4.69) is 116 Å². The molecule has 244 valence electrons. The third-order valence-electron chi connectivity index (χ3n) is 9.85. The quantitative estimate of drug-likeness (QED) is 0.163. The van der Waals surface area contributed by atoms with Crippen molar-refractivity contribution in [1.82, 2.24) is 30.9 Å². The molecule has 0 saturated heterocycles. The van der Waals surface area contributed by atoms with Gasteiger partial charge in [-0.15, -0.1) is 0 Å². The molecule has 0 radical (unpaired) electrons. The Labute approximate surface area is 293 Å². The van der Waals surface area contributed by atoms with Crippen LogP contribution in [-0.2, 0) is 0 Å². The highest BCUT2D eigenvalue weighted by Gasteiger charge is 2.27. The van der Waals surface area contributed by atoms with E-state index in [-0.39, 0.29) is 0 Å². The second-order valence-corrected chi connectivity index (χ2v) is 12.8. The zero-order chi connectivity index (χ0) is 34.2. The van der Waals surface area contributed by atoms with Gasteiger partial charge in [-0.2, -0.15) is 0 Å². The van der Waals surface area contributed by atoms with Crippen LogP contribution < -0.4 is 4.90 Å². The zero-order valence-electron chi connectivity index (χ0n) is 27.1. The Kier molecular flexibility index (Phi) is 6.02. The van der Waals surface area contributed by atoms with Crippen LogP contribution in [0.3, 0.4) is 0 Å². The molecule has 52 heavy (non-hydrogen) atoms. The summed E-state index contributed by atoms with van der Waals surface area (Å²) in [5.74, 6) is 0. The Hall–Kier alpha value is -7.46. The topological polar surface area (TPSA) is 120 Å². The molecule has 0 atom stereocenters. The average Bonchev–Trinajstić information content (AvgIpc) is 3.99. The van der Waals surface area contributed by atoms with Gasteiger partial charge in [-0.25, -0.2) is 13.9 Å².